The minimum absolute atomic E-state index is 0.0185. The molecule has 1 saturated heterocycles. The zero-order chi connectivity index (χ0) is 19.0. The molecular weight excluding hydrogens is 355 g/mol. The van der Waals surface area contributed by atoms with E-state index in [1.165, 1.54) is 10.9 Å². The molecule has 0 bridgehead atoms. The number of hydrogen-bond donors (Lipinski definition) is 3. The molecule has 27 heavy (non-hydrogen) atoms. The highest BCUT2D eigenvalue weighted by atomic mass is 19.1. The van der Waals surface area contributed by atoms with Gasteiger partial charge in [0.25, 0.3) is 5.91 Å². The number of aromatic nitrogens is 3. The number of nitrogens with one attached hydrogen (secondary N) is 1. The number of carbonyl (C=O) groups is 1. The highest BCUT2D eigenvalue weighted by Crippen LogP contribution is 2.34. The minimum atomic E-state index is -0.922. The molecule has 4 rings (SSSR count). The molecule has 0 radical (unpaired) electrons. The number of hydrogen-bond acceptors (Lipinski definition) is 6. The molecule has 1 unspecified atom stereocenters. The maximum atomic E-state index is 14.6. The molecule has 140 valence electrons. The van der Waals surface area contributed by atoms with E-state index in [0.717, 1.165) is 6.20 Å². The fraction of sp³-hybridized carbons (Fsp3) is 0.278. The first kappa shape index (κ1) is 17.5. The first-order chi connectivity index (χ1) is 13.1. The molecule has 0 saturated carbocycles. The van der Waals surface area contributed by atoms with Crippen molar-refractivity contribution < 1.29 is 24.1 Å². The van der Waals surface area contributed by atoms with Gasteiger partial charge in [0, 0.05) is 18.2 Å². The maximum absolute atomic E-state index is 14.6. The number of aliphatic hydroxyl groups is 2. The lowest BCUT2D eigenvalue weighted by atomic mass is 10.2. The highest BCUT2D eigenvalue weighted by Gasteiger charge is 2.36. The van der Waals surface area contributed by atoms with Crippen LogP contribution in [0, 0.1) is 5.82 Å². The molecule has 1 aliphatic rings. The van der Waals surface area contributed by atoms with Crippen LogP contribution < -0.4 is 5.32 Å². The van der Waals surface area contributed by atoms with Gasteiger partial charge in [0.05, 0.1) is 18.1 Å². The van der Waals surface area contributed by atoms with Crippen molar-refractivity contribution in [3.05, 3.63) is 54.2 Å². The number of rotatable bonds is 4. The lowest BCUT2D eigenvalue weighted by Crippen LogP contribution is -2.19. The lowest BCUT2D eigenvalue weighted by molar-refractivity contribution is -0.0486. The summed E-state index contributed by atoms with van der Waals surface area (Å²) >= 11 is 0. The molecule has 3 heterocycles. The Kier molecular flexibility index (Phi) is 4.56. The topological polar surface area (TPSA) is 110 Å². The number of nitrogens with zero attached hydrogens (tertiary/aromatic N) is 3. The largest absolute Gasteiger partial charge is 0.394 e. The van der Waals surface area contributed by atoms with Crippen LogP contribution in [0.1, 0.15) is 23.0 Å². The second kappa shape index (κ2) is 7.03. The third kappa shape index (κ3) is 3.16. The van der Waals surface area contributed by atoms with Crippen LogP contribution in [0.2, 0.25) is 0 Å². The fourth-order valence-electron chi connectivity index (χ4n) is 3.20. The molecule has 3 atom stereocenters. The number of carbonyl (C=O) groups excluding carboxylic acids is 1. The fourth-order valence-corrected chi connectivity index (χ4v) is 3.20. The van der Waals surface area contributed by atoms with E-state index in [1.54, 1.807) is 30.3 Å². The summed E-state index contributed by atoms with van der Waals surface area (Å²) in [6, 6.07) is 8.49. The van der Waals surface area contributed by atoms with E-state index in [-0.39, 0.29) is 29.9 Å². The van der Waals surface area contributed by atoms with Gasteiger partial charge in [-0.05, 0) is 12.1 Å². The number of aliphatic hydroxyl groups excluding tert-OH is 2. The van der Waals surface area contributed by atoms with Gasteiger partial charge in [0.2, 0.25) is 0 Å². The maximum Gasteiger partial charge on any atom is 0.256 e. The number of benzene rings is 1. The van der Waals surface area contributed by atoms with E-state index < -0.39 is 30.2 Å². The molecule has 3 N–H and O–H groups in total. The predicted octanol–water partition coefficient (Wildman–Crippen LogP) is 1.46. The summed E-state index contributed by atoms with van der Waals surface area (Å²) in [4.78, 5) is 20.4. The van der Waals surface area contributed by atoms with Crippen LogP contribution in [-0.4, -0.2) is 49.5 Å². The van der Waals surface area contributed by atoms with E-state index in [4.69, 9.17) is 4.74 Å². The summed E-state index contributed by atoms with van der Waals surface area (Å²) in [5, 5.41) is 22.0. The lowest BCUT2D eigenvalue weighted by Gasteiger charge is -2.17. The van der Waals surface area contributed by atoms with Gasteiger partial charge in [0.15, 0.2) is 17.7 Å². The van der Waals surface area contributed by atoms with E-state index in [0.29, 0.717) is 5.56 Å². The Hall–Kier alpha value is -2.88. The van der Waals surface area contributed by atoms with E-state index in [1.807, 2.05) is 0 Å². The van der Waals surface area contributed by atoms with E-state index >= 15 is 0 Å². The zero-order valence-electron chi connectivity index (χ0n) is 14.1. The first-order valence-electron chi connectivity index (χ1n) is 8.40. The van der Waals surface area contributed by atoms with Gasteiger partial charge in [-0.25, -0.2) is 14.4 Å². The van der Waals surface area contributed by atoms with Gasteiger partial charge in [-0.15, -0.1) is 0 Å². The number of ether oxygens (including phenoxy) is 1. The number of halogens is 1. The highest BCUT2D eigenvalue weighted by molar-refractivity contribution is 6.07. The molecule has 3 aromatic rings. The van der Waals surface area contributed by atoms with Crippen LogP contribution in [0.15, 0.2) is 42.9 Å². The smallest absolute Gasteiger partial charge is 0.256 e. The second-order valence-corrected chi connectivity index (χ2v) is 6.26. The third-order valence-electron chi connectivity index (χ3n) is 4.47. The Morgan fingerprint density at radius 3 is 2.81 bits per heavy atom. The van der Waals surface area contributed by atoms with E-state index in [9.17, 15) is 19.4 Å². The summed E-state index contributed by atoms with van der Waals surface area (Å²) < 4.78 is 21.6. The van der Waals surface area contributed by atoms with Crippen molar-refractivity contribution >= 4 is 22.8 Å². The van der Waals surface area contributed by atoms with Crippen molar-refractivity contribution in [3.8, 4) is 0 Å². The number of amides is 1. The van der Waals surface area contributed by atoms with Gasteiger partial charge in [0.1, 0.15) is 18.2 Å². The molecule has 1 aliphatic heterocycles. The van der Waals surface area contributed by atoms with Gasteiger partial charge in [-0.3, -0.25) is 4.79 Å². The van der Waals surface area contributed by atoms with Gasteiger partial charge in [-0.1, -0.05) is 18.2 Å². The second-order valence-electron chi connectivity index (χ2n) is 6.26. The Labute approximate surface area is 153 Å². The molecule has 2 aromatic heterocycles. The monoisotopic (exact) mass is 372 g/mol. The van der Waals surface area contributed by atoms with E-state index in [2.05, 4.69) is 15.3 Å². The minimum Gasteiger partial charge on any atom is -0.394 e. The Morgan fingerprint density at radius 2 is 2.11 bits per heavy atom. The molecule has 1 fully saturated rings. The third-order valence-corrected chi connectivity index (χ3v) is 4.47. The van der Waals surface area contributed by atoms with Crippen molar-refractivity contribution in [3.63, 3.8) is 0 Å². The molecule has 1 amide bonds. The standard InChI is InChI=1S/C18H17FN4O4/c19-12-7-23(18-13(25)6-11(8-24)27-18)16-14(12)15(20-9-21-16)22-17(26)10-4-2-1-3-5-10/h1-5,7,9,11,13,18,24-25H,6,8H2,(H,20,21,22,26)/t11?,13-,18-/m1/s1. The van der Waals surface area contributed by atoms with Crippen molar-refractivity contribution in [1.29, 1.82) is 0 Å². The molecule has 8 nitrogen and oxygen atoms in total. The molecule has 9 heteroatoms. The Balaban J connectivity index is 1.70. The summed E-state index contributed by atoms with van der Waals surface area (Å²) in [6.45, 7) is -0.247. The van der Waals surface area contributed by atoms with Crippen LogP contribution >= 0.6 is 0 Å². The SMILES string of the molecule is O=C(Nc1ncnc2c1c(F)cn2[C@@H]1OC(CO)C[C@H]1O)c1ccccc1. The van der Waals surface area contributed by atoms with Crippen LogP contribution in [0.25, 0.3) is 11.0 Å². The Bertz CT molecular complexity index is 978. The summed E-state index contributed by atoms with van der Waals surface area (Å²) in [7, 11) is 0. The average molecular weight is 372 g/mol. The molecular formula is C18H17FN4O4. The Morgan fingerprint density at radius 1 is 1.33 bits per heavy atom. The van der Waals surface area contributed by atoms with Gasteiger partial charge < -0.3 is 24.8 Å². The molecule has 1 aromatic carbocycles. The molecule has 0 spiro atoms. The quantitative estimate of drug-likeness (QED) is 0.640. The van der Waals surface area contributed by atoms with Gasteiger partial charge in [-0.2, -0.15) is 0 Å². The van der Waals surface area contributed by atoms with Gasteiger partial charge >= 0.3 is 0 Å². The van der Waals surface area contributed by atoms with Crippen LogP contribution in [-0.2, 0) is 4.74 Å². The molecule has 0 aliphatic carbocycles. The van der Waals surface area contributed by atoms with Crippen LogP contribution in [0.5, 0.6) is 0 Å². The first-order valence-corrected chi connectivity index (χ1v) is 8.40. The van der Waals surface area contributed by atoms with Crippen LogP contribution in [0.3, 0.4) is 0 Å². The average Bonchev–Trinajstić information content (AvgIpc) is 3.22. The summed E-state index contributed by atoms with van der Waals surface area (Å²) in [6.07, 6.45) is 0.223. The number of fused-ring (bicyclic) bond motifs is 1. The van der Waals surface area contributed by atoms with Crippen molar-refractivity contribution in [2.24, 2.45) is 0 Å². The summed E-state index contributed by atoms with van der Waals surface area (Å²) in [5.74, 6) is -1.06. The van der Waals surface area contributed by atoms with Crippen LogP contribution in [0.4, 0.5) is 10.2 Å². The van der Waals surface area contributed by atoms with Crippen molar-refractivity contribution in [2.45, 2.75) is 24.9 Å². The normalized spacial score (nSPS) is 22.3. The number of anilines is 1. The van der Waals surface area contributed by atoms with Crippen molar-refractivity contribution in [2.75, 3.05) is 11.9 Å². The summed E-state index contributed by atoms with van der Waals surface area (Å²) in [5.41, 5.74) is 0.581. The zero-order valence-corrected chi connectivity index (χ0v) is 14.1. The predicted molar refractivity (Wildman–Crippen MR) is 93.5 cm³/mol. The van der Waals surface area contributed by atoms with Crippen molar-refractivity contribution in [1.82, 2.24) is 14.5 Å².